The van der Waals surface area contributed by atoms with Crippen molar-refractivity contribution >= 4 is 5.97 Å². The Kier molecular flexibility index (Phi) is 3.20. The van der Waals surface area contributed by atoms with E-state index in [0.29, 0.717) is 6.61 Å². The van der Waals surface area contributed by atoms with Crippen LogP contribution in [0.3, 0.4) is 0 Å². The molecule has 0 N–H and O–H groups in total. The Morgan fingerprint density at radius 2 is 1.88 bits per heavy atom. The van der Waals surface area contributed by atoms with Gasteiger partial charge in [0, 0.05) is 0 Å². The minimum atomic E-state index is -0.407. The molecule has 0 radical (unpaired) electrons. The predicted octanol–water partition coefficient (Wildman–Crippen LogP) is 2.61. The molecule has 2 rings (SSSR count). The van der Waals surface area contributed by atoms with Gasteiger partial charge in [-0.1, -0.05) is 17.7 Å². The second-order valence-corrected chi connectivity index (χ2v) is 4.54. The van der Waals surface area contributed by atoms with Crippen LogP contribution in [-0.2, 0) is 14.3 Å². The molecule has 0 amide bonds. The summed E-state index contributed by atoms with van der Waals surface area (Å²) in [7, 11) is 0. The molecule has 3 heteroatoms. The third-order valence-electron chi connectivity index (χ3n) is 3.03. The van der Waals surface area contributed by atoms with Crippen LogP contribution < -0.4 is 0 Å². The quantitative estimate of drug-likeness (QED) is 0.596. The minimum Gasteiger partial charge on any atom is -0.464 e. The van der Waals surface area contributed by atoms with Crippen LogP contribution >= 0.6 is 0 Å². The van der Waals surface area contributed by atoms with Crippen LogP contribution in [0.25, 0.3) is 0 Å². The number of rotatable bonds is 3. The zero-order valence-corrected chi connectivity index (χ0v) is 10.7. The topological polar surface area (TPSA) is 38.8 Å². The van der Waals surface area contributed by atoms with Crippen molar-refractivity contribution in [1.29, 1.82) is 0 Å². The van der Waals surface area contributed by atoms with Crippen molar-refractivity contribution in [3.05, 3.63) is 34.4 Å². The Hall–Kier alpha value is -1.35. The van der Waals surface area contributed by atoms with Crippen LogP contribution in [0.4, 0.5) is 0 Å². The summed E-state index contributed by atoms with van der Waals surface area (Å²) in [5.74, 6) is -0.253. The number of carbonyl (C=O) groups excluding carboxylic acids is 1. The average molecular weight is 234 g/mol. The molecule has 0 unspecified atom stereocenters. The molecule has 1 aliphatic heterocycles. The van der Waals surface area contributed by atoms with Crippen molar-refractivity contribution < 1.29 is 14.3 Å². The molecule has 0 spiro atoms. The Bertz CT molecular complexity index is 428. The second-order valence-electron chi connectivity index (χ2n) is 4.54. The maximum Gasteiger partial charge on any atom is 0.338 e. The molecule has 0 aromatic heterocycles. The van der Waals surface area contributed by atoms with Crippen LogP contribution in [0.15, 0.2) is 12.1 Å². The van der Waals surface area contributed by atoms with Gasteiger partial charge in [0.2, 0.25) is 0 Å². The molecule has 0 aliphatic carbocycles. The van der Waals surface area contributed by atoms with Crippen molar-refractivity contribution in [2.75, 3.05) is 6.61 Å². The number of ether oxygens (including phenoxy) is 2. The van der Waals surface area contributed by atoms with E-state index in [1.54, 1.807) is 6.92 Å². The van der Waals surface area contributed by atoms with Crippen LogP contribution in [0.2, 0.25) is 0 Å². The first-order valence-electron chi connectivity index (χ1n) is 5.94. The first-order chi connectivity index (χ1) is 8.04. The van der Waals surface area contributed by atoms with E-state index in [9.17, 15) is 4.79 Å². The molecule has 1 aliphatic rings. The third kappa shape index (κ3) is 2.34. The summed E-state index contributed by atoms with van der Waals surface area (Å²) in [5.41, 5.74) is 4.73. The molecule has 1 heterocycles. The lowest BCUT2D eigenvalue weighted by molar-refractivity contribution is -0.144. The number of hydrogen-bond acceptors (Lipinski definition) is 3. The van der Waals surface area contributed by atoms with Crippen molar-refractivity contribution in [1.82, 2.24) is 0 Å². The molecule has 92 valence electrons. The maximum atomic E-state index is 11.5. The number of esters is 1. The zero-order valence-electron chi connectivity index (χ0n) is 10.7. The SMILES string of the molecule is CCOC(=O)[C@H]1O[C@H]1c1c(C)cc(C)cc1C. The minimum absolute atomic E-state index is 0.116. The van der Waals surface area contributed by atoms with Gasteiger partial charge in [-0.2, -0.15) is 0 Å². The van der Waals surface area contributed by atoms with Gasteiger partial charge in [-0.25, -0.2) is 4.79 Å². The van der Waals surface area contributed by atoms with E-state index in [0.717, 1.165) is 5.56 Å². The van der Waals surface area contributed by atoms with E-state index in [2.05, 4.69) is 32.9 Å². The van der Waals surface area contributed by atoms with E-state index < -0.39 is 6.10 Å². The molecule has 0 saturated carbocycles. The normalized spacial score (nSPS) is 22.4. The van der Waals surface area contributed by atoms with Crippen molar-refractivity contribution in [2.24, 2.45) is 0 Å². The van der Waals surface area contributed by atoms with Gasteiger partial charge < -0.3 is 9.47 Å². The summed E-state index contributed by atoms with van der Waals surface area (Å²) < 4.78 is 10.4. The Balaban J connectivity index is 2.19. The van der Waals surface area contributed by atoms with Gasteiger partial charge in [-0.15, -0.1) is 0 Å². The molecular formula is C14H18O3. The van der Waals surface area contributed by atoms with Crippen molar-refractivity contribution in [3.63, 3.8) is 0 Å². The lowest BCUT2D eigenvalue weighted by Gasteiger charge is -2.08. The second kappa shape index (κ2) is 4.49. The Morgan fingerprint density at radius 1 is 1.29 bits per heavy atom. The van der Waals surface area contributed by atoms with Crippen LogP contribution in [0.1, 0.15) is 35.3 Å². The first-order valence-corrected chi connectivity index (χ1v) is 5.94. The van der Waals surface area contributed by atoms with Gasteiger partial charge in [0.1, 0.15) is 6.10 Å². The van der Waals surface area contributed by atoms with Crippen molar-refractivity contribution in [3.8, 4) is 0 Å². The van der Waals surface area contributed by atoms with E-state index in [1.807, 2.05) is 0 Å². The zero-order chi connectivity index (χ0) is 12.6. The number of carbonyl (C=O) groups is 1. The molecule has 1 saturated heterocycles. The number of benzene rings is 1. The highest BCUT2D eigenvalue weighted by atomic mass is 16.6. The fourth-order valence-corrected chi connectivity index (χ4v) is 2.38. The highest BCUT2D eigenvalue weighted by Gasteiger charge is 2.48. The average Bonchev–Trinajstić information content (AvgIpc) is 2.96. The molecule has 1 fully saturated rings. The van der Waals surface area contributed by atoms with Crippen LogP contribution in [0.5, 0.6) is 0 Å². The molecule has 17 heavy (non-hydrogen) atoms. The number of epoxide rings is 1. The summed E-state index contributed by atoms with van der Waals surface area (Å²) in [6.45, 7) is 8.38. The van der Waals surface area contributed by atoms with E-state index in [1.165, 1.54) is 16.7 Å². The molecule has 3 nitrogen and oxygen atoms in total. The standard InChI is InChI=1S/C14H18O3/c1-5-16-14(15)13-12(17-13)11-9(3)6-8(2)7-10(11)4/h6-7,12-13H,5H2,1-4H3/t12-,13-/m0/s1. The molecule has 2 atom stereocenters. The highest BCUT2D eigenvalue weighted by Crippen LogP contribution is 2.42. The molecule has 1 aromatic carbocycles. The summed E-state index contributed by atoms with van der Waals surface area (Å²) in [6, 6.07) is 4.23. The Morgan fingerprint density at radius 3 is 2.41 bits per heavy atom. The van der Waals surface area contributed by atoms with Gasteiger partial charge in [0.25, 0.3) is 0 Å². The molecule has 0 bridgehead atoms. The maximum absolute atomic E-state index is 11.5. The summed E-state index contributed by atoms with van der Waals surface area (Å²) in [6.07, 6.45) is -0.523. The van der Waals surface area contributed by atoms with E-state index >= 15 is 0 Å². The van der Waals surface area contributed by atoms with Crippen LogP contribution in [0, 0.1) is 20.8 Å². The Labute approximate surface area is 102 Å². The van der Waals surface area contributed by atoms with Gasteiger partial charge in [-0.05, 0) is 44.4 Å². The monoisotopic (exact) mass is 234 g/mol. The fourth-order valence-electron chi connectivity index (χ4n) is 2.38. The summed E-state index contributed by atoms with van der Waals surface area (Å²) in [5, 5.41) is 0. The number of aryl methyl sites for hydroxylation is 3. The summed E-state index contributed by atoms with van der Waals surface area (Å²) in [4.78, 5) is 11.5. The smallest absolute Gasteiger partial charge is 0.338 e. The third-order valence-corrected chi connectivity index (χ3v) is 3.03. The molecule has 1 aromatic rings. The van der Waals surface area contributed by atoms with Gasteiger partial charge in [0.15, 0.2) is 6.10 Å². The van der Waals surface area contributed by atoms with Gasteiger partial charge in [0.05, 0.1) is 6.61 Å². The summed E-state index contributed by atoms with van der Waals surface area (Å²) >= 11 is 0. The number of hydrogen-bond donors (Lipinski definition) is 0. The lowest BCUT2D eigenvalue weighted by Crippen LogP contribution is -2.12. The van der Waals surface area contributed by atoms with Gasteiger partial charge >= 0.3 is 5.97 Å². The van der Waals surface area contributed by atoms with Crippen LogP contribution in [-0.4, -0.2) is 18.7 Å². The molecular weight excluding hydrogens is 216 g/mol. The lowest BCUT2D eigenvalue weighted by atomic mass is 9.96. The predicted molar refractivity (Wildman–Crippen MR) is 64.9 cm³/mol. The largest absolute Gasteiger partial charge is 0.464 e. The van der Waals surface area contributed by atoms with E-state index in [4.69, 9.17) is 9.47 Å². The van der Waals surface area contributed by atoms with E-state index in [-0.39, 0.29) is 12.1 Å². The van der Waals surface area contributed by atoms with Gasteiger partial charge in [-0.3, -0.25) is 0 Å². The fraction of sp³-hybridized carbons (Fsp3) is 0.500. The highest BCUT2D eigenvalue weighted by molar-refractivity contribution is 5.78. The van der Waals surface area contributed by atoms with Crippen molar-refractivity contribution in [2.45, 2.75) is 39.9 Å². The first kappa shape index (κ1) is 12.1.